The van der Waals surface area contributed by atoms with Gasteiger partial charge < -0.3 is 9.88 Å². The van der Waals surface area contributed by atoms with Crippen LogP contribution in [0.25, 0.3) is 6.08 Å². The average molecular weight is 394 g/mol. The predicted molar refractivity (Wildman–Crippen MR) is 111 cm³/mol. The molecule has 7 nitrogen and oxygen atoms in total. The van der Waals surface area contributed by atoms with Gasteiger partial charge in [0, 0.05) is 37.8 Å². The molecule has 1 aromatic carbocycles. The third-order valence-corrected chi connectivity index (χ3v) is 5.97. The van der Waals surface area contributed by atoms with Crippen LogP contribution < -0.4 is 11.2 Å². The summed E-state index contributed by atoms with van der Waals surface area (Å²) in [4.78, 5) is 44.5. The summed E-state index contributed by atoms with van der Waals surface area (Å²) < 4.78 is 0. The second kappa shape index (κ2) is 8.21. The summed E-state index contributed by atoms with van der Waals surface area (Å²) in [5, 5.41) is 0. The lowest BCUT2D eigenvalue weighted by Crippen LogP contribution is -2.41. The van der Waals surface area contributed by atoms with Gasteiger partial charge in [0.25, 0.3) is 5.56 Å². The molecule has 2 aliphatic rings. The van der Waals surface area contributed by atoms with Crippen LogP contribution in [0.5, 0.6) is 0 Å². The average Bonchev–Trinajstić information content (AvgIpc) is 2.99. The zero-order chi connectivity index (χ0) is 20.3. The number of aromatic amines is 2. The van der Waals surface area contributed by atoms with Gasteiger partial charge >= 0.3 is 5.69 Å². The van der Waals surface area contributed by atoms with Gasteiger partial charge in [-0.3, -0.25) is 19.5 Å². The molecule has 29 heavy (non-hydrogen) atoms. The topological polar surface area (TPSA) is 89.3 Å². The van der Waals surface area contributed by atoms with Crippen molar-refractivity contribution in [2.24, 2.45) is 5.41 Å². The second-order valence-electron chi connectivity index (χ2n) is 8.15. The molecule has 7 heteroatoms. The van der Waals surface area contributed by atoms with Crippen molar-refractivity contribution in [3.63, 3.8) is 0 Å². The van der Waals surface area contributed by atoms with Crippen LogP contribution in [0.3, 0.4) is 0 Å². The number of H-pyrrole nitrogens is 2. The molecule has 3 heterocycles. The number of piperidine rings is 1. The van der Waals surface area contributed by atoms with Crippen LogP contribution >= 0.6 is 0 Å². The lowest BCUT2D eigenvalue weighted by molar-refractivity contribution is -0.127. The van der Waals surface area contributed by atoms with Crippen molar-refractivity contribution in [1.82, 2.24) is 19.8 Å². The van der Waals surface area contributed by atoms with Crippen molar-refractivity contribution >= 4 is 12.0 Å². The van der Waals surface area contributed by atoms with Gasteiger partial charge in [-0.2, -0.15) is 0 Å². The molecule has 152 valence electrons. The fourth-order valence-electron chi connectivity index (χ4n) is 4.39. The highest BCUT2D eigenvalue weighted by Crippen LogP contribution is 2.41. The third-order valence-electron chi connectivity index (χ3n) is 5.97. The summed E-state index contributed by atoms with van der Waals surface area (Å²) in [6.07, 6.45) is 6.63. The first-order chi connectivity index (χ1) is 14.0. The Morgan fingerprint density at radius 3 is 2.52 bits per heavy atom. The standard InChI is InChI=1S/C22H26N4O3/c27-19-13-18(23-21(29)24-19)15-25-11-8-22(9-12-25)14-20(28)26(16-22)10-4-7-17-5-2-1-3-6-17/h1-7,13H,8-12,14-16H2,(H2,23,24,27,29)/b7-4+. The molecule has 0 saturated carbocycles. The molecular weight excluding hydrogens is 368 g/mol. The Morgan fingerprint density at radius 2 is 1.79 bits per heavy atom. The molecule has 1 aromatic heterocycles. The molecule has 1 amide bonds. The summed E-state index contributed by atoms with van der Waals surface area (Å²) >= 11 is 0. The van der Waals surface area contributed by atoms with E-state index in [1.807, 2.05) is 35.2 Å². The van der Waals surface area contributed by atoms with Gasteiger partial charge in [0.1, 0.15) is 0 Å². The number of likely N-dealkylation sites (tertiary alicyclic amines) is 2. The van der Waals surface area contributed by atoms with Crippen molar-refractivity contribution in [2.45, 2.75) is 25.8 Å². The van der Waals surface area contributed by atoms with E-state index in [1.54, 1.807) is 0 Å². The Labute approximate surface area is 169 Å². The molecule has 2 aliphatic heterocycles. The van der Waals surface area contributed by atoms with E-state index in [0.29, 0.717) is 25.2 Å². The minimum Gasteiger partial charge on any atom is -0.338 e. The number of nitrogens with zero attached hydrogens (tertiary/aromatic N) is 2. The number of carbonyl (C=O) groups excluding carboxylic acids is 1. The third kappa shape index (κ3) is 4.74. The normalized spacial score (nSPS) is 19.4. The van der Waals surface area contributed by atoms with E-state index in [9.17, 15) is 14.4 Å². The Kier molecular flexibility index (Phi) is 5.49. The number of benzene rings is 1. The number of aromatic nitrogens is 2. The summed E-state index contributed by atoms with van der Waals surface area (Å²) in [5.41, 5.74) is 0.972. The monoisotopic (exact) mass is 394 g/mol. The number of hydrogen-bond acceptors (Lipinski definition) is 4. The van der Waals surface area contributed by atoms with Gasteiger partial charge in [-0.1, -0.05) is 42.5 Å². The van der Waals surface area contributed by atoms with Gasteiger partial charge in [-0.05, 0) is 36.9 Å². The van der Waals surface area contributed by atoms with Crippen LogP contribution in [0.4, 0.5) is 0 Å². The zero-order valence-electron chi connectivity index (χ0n) is 16.4. The largest absolute Gasteiger partial charge is 0.338 e. The van der Waals surface area contributed by atoms with E-state index >= 15 is 0 Å². The SMILES string of the molecule is O=C1CC2(CCN(Cc3cc(=O)[nH]c(=O)[nH]3)CC2)CN1C/C=C/c1ccccc1. The Morgan fingerprint density at radius 1 is 1.03 bits per heavy atom. The maximum absolute atomic E-state index is 12.5. The molecule has 2 aromatic rings. The van der Waals surface area contributed by atoms with Crippen LogP contribution in [0.15, 0.2) is 52.1 Å². The number of rotatable bonds is 5. The minimum atomic E-state index is -0.471. The molecular formula is C22H26N4O3. The molecule has 0 radical (unpaired) electrons. The van der Waals surface area contributed by atoms with Crippen molar-refractivity contribution in [2.75, 3.05) is 26.2 Å². The first kappa shape index (κ1) is 19.4. The fraction of sp³-hybridized carbons (Fsp3) is 0.409. The number of carbonyl (C=O) groups is 1. The minimum absolute atomic E-state index is 0.0513. The predicted octanol–water partition coefficient (Wildman–Crippen LogP) is 1.59. The van der Waals surface area contributed by atoms with E-state index in [4.69, 9.17) is 0 Å². The first-order valence-corrected chi connectivity index (χ1v) is 10.1. The Hall–Kier alpha value is -2.93. The number of amides is 1. The molecule has 0 aliphatic carbocycles. The van der Waals surface area contributed by atoms with Crippen molar-refractivity contribution < 1.29 is 4.79 Å². The Bertz CT molecular complexity index is 972. The maximum Gasteiger partial charge on any atom is 0.325 e. The molecule has 4 rings (SSSR count). The molecule has 0 unspecified atom stereocenters. The van der Waals surface area contributed by atoms with E-state index in [1.165, 1.54) is 6.07 Å². The summed E-state index contributed by atoms with van der Waals surface area (Å²) in [6, 6.07) is 11.5. The van der Waals surface area contributed by atoms with Gasteiger partial charge in [-0.15, -0.1) is 0 Å². The highest BCUT2D eigenvalue weighted by molar-refractivity contribution is 5.79. The van der Waals surface area contributed by atoms with Crippen LogP contribution in [-0.4, -0.2) is 51.9 Å². The van der Waals surface area contributed by atoms with Gasteiger partial charge in [0.05, 0.1) is 0 Å². The maximum atomic E-state index is 12.5. The highest BCUT2D eigenvalue weighted by Gasteiger charge is 2.44. The van der Waals surface area contributed by atoms with E-state index in [-0.39, 0.29) is 16.9 Å². The molecule has 1 spiro atoms. The summed E-state index contributed by atoms with van der Waals surface area (Å²) in [7, 11) is 0. The van der Waals surface area contributed by atoms with Crippen LogP contribution in [0.2, 0.25) is 0 Å². The van der Waals surface area contributed by atoms with E-state index in [0.717, 1.165) is 38.0 Å². The van der Waals surface area contributed by atoms with E-state index in [2.05, 4.69) is 27.0 Å². The fourth-order valence-corrected chi connectivity index (χ4v) is 4.39. The summed E-state index contributed by atoms with van der Waals surface area (Å²) in [6.45, 7) is 3.71. The lowest BCUT2D eigenvalue weighted by atomic mass is 9.77. The van der Waals surface area contributed by atoms with Crippen molar-refractivity contribution in [3.05, 3.63) is 74.6 Å². The molecule has 2 N–H and O–H groups in total. The van der Waals surface area contributed by atoms with Crippen LogP contribution in [0, 0.1) is 5.41 Å². The molecule has 0 bridgehead atoms. The van der Waals surface area contributed by atoms with Crippen molar-refractivity contribution in [3.8, 4) is 0 Å². The number of nitrogens with one attached hydrogen (secondary N) is 2. The van der Waals surface area contributed by atoms with Gasteiger partial charge in [-0.25, -0.2) is 4.79 Å². The quantitative estimate of drug-likeness (QED) is 0.806. The van der Waals surface area contributed by atoms with E-state index < -0.39 is 5.69 Å². The Balaban J connectivity index is 1.31. The number of hydrogen-bond donors (Lipinski definition) is 2. The molecule has 2 fully saturated rings. The first-order valence-electron chi connectivity index (χ1n) is 10.1. The van der Waals surface area contributed by atoms with Gasteiger partial charge in [0.2, 0.25) is 5.91 Å². The highest BCUT2D eigenvalue weighted by atomic mass is 16.2. The smallest absolute Gasteiger partial charge is 0.325 e. The van der Waals surface area contributed by atoms with Crippen LogP contribution in [0.1, 0.15) is 30.5 Å². The second-order valence-corrected chi connectivity index (χ2v) is 8.15. The zero-order valence-corrected chi connectivity index (χ0v) is 16.4. The molecule has 2 saturated heterocycles. The summed E-state index contributed by atoms with van der Waals surface area (Å²) in [5.74, 6) is 0.232. The van der Waals surface area contributed by atoms with Crippen molar-refractivity contribution in [1.29, 1.82) is 0 Å². The van der Waals surface area contributed by atoms with Gasteiger partial charge in [0.15, 0.2) is 0 Å². The molecule has 0 atom stereocenters. The lowest BCUT2D eigenvalue weighted by Gasteiger charge is -2.38. The van der Waals surface area contributed by atoms with Crippen LogP contribution in [-0.2, 0) is 11.3 Å².